The lowest BCUT2D eigenvalue weighted by Crippen LogP contribution is -2.04. The molecule has 0 radical (unpaired) electrons. The van der Waals surface area contributed by atoms with Crippen LogP contribution in [-0.2, 0) is 92.5 Å². The molecular formula is C104H90O15. The number of ether oxygens (including phenoxy) is 14. The van der Waals surface area contributed by atoms with Crippen LogP contribution in [0.5, 0.6) is 86.2 Å². The Morgan fingerprint density at radius 2 is 0.218 bits per heavy atom. The smallest absolute Gasteiger partial charge is 0.127 e. The summed E-state index contributed by atoms with van der Waals surface area (Å²) in [6.07, 6.45) is 0. The van der Waals surface area contributed by atoms with Crippen molar-refractivity contribution in [3.8, 4) is 86.2 Å². The fourth-order valence-electron chi connectivity index (χ4n) is 12.9. The van der Waals surface area contributed by atoms with E-state index in [9.17, 15) is 5.11 Å². The minimum atomic E-state index is -0.0758. The van der Waals surface area contributed by atoms with Crippen molar-refractivity contribution in [1.82, 2.24) is 0 Å². The molecule has 0 spiro atoms. The van der Waals surface area contributed by atoms with Gasteiger partial charge in [0.2, 0.25) is 0 Å². The molecule has 15 aromatic rings. The van der Waals surface area contributed by atoms with Gasteiger partial charge in [0.15, 0.2) is 0 Å². The van der Waals surface area contributed by atoms with Crippen molar-refractivity contribution in [2.75, 3.05) is 0 Å². The minimum Gasteiger partial charge on any atom is -0.508 e. The Bertz CT molecular complexity index is 4740. The molecule has 0 unspecified atom stereocenters. The summed E-state index contributed by atoms with van der Waals surface area (Å²) in [5.41, 5.74) is 12.9. The molecule has 0 aliphatic rings. The summed E-state index contributed by atoms with van der Waals surface area (Å²) in [7, 11) is 0. The first-order chi connectivity index (χ1) is 58.7. The topological polar surface area (TPSA) is 149 Å². The maximum atomic E-state index is 11.5. The Morgan fingerprint density at radius 3 is 0.336 bits per heavy atom. The third-order valence-corrected chi connectivity index (χ3v) is 18.9. The average molecular weight is 1580 g/mol. The summed E-state index contributed by atoms with van der Waals surface area (Å²) in [5.74, 6) is 7.61. The van der Waals surface area contributed by atoms with Crippen LogP contribution in [0.4, 0.5) is 0 Å². The second-order valence-corrected chi connectivity index (χ2v) is 28.5. The Labute approximate surface area is 694 Å². The van der Waals surface area contributed by atoms with E-state index in [1.165, 1.54) is 0 Å². The van der Waals surface area contributed by atoms with E-state index in [-0.39, 0.29) is 45.4 Å². The maximum Gasteiger partial charge on any atom is 0.127 e. The molecule has 0 saturated carbocycles. The van der Waals surface area contributed by atoms with Crippen molar-refractivity contribution in [2.24, 2.45) is 0 Å². The lowest BCUT2D eigenvalue weighted by Gasteiger charge is -2.17. The first kappa shape index (κ1) is 79.5. The molecule has 15 nitrogen and oxygen atoms in total. The van der Waals surface area contributed by atoms with Crippen molar-refractivity contribution in [1.29, 1.82) is 0 Å². The molecule has 0 heterocycles. The zero-order valence-electron chi connectivity index (χ0n) is 65.8. The standard InChI is InChI=1S/C104H90O15/c105-90-53-103(118-74-88-49-99(114-70-84-41-91(106-62-76-25-9-1-10-26-76)55-92(42-84)107-63-77-27-11-2-12-28-77)59-100(50-88)115-71-85-43-93(108-64-78-29-13-3-14-30-78)56-94(44-85)109-65-79-31-15-4-16-32-79)61-104(54-90)119-75-89-51-101(116-72-86-45-95(110-66-80-33-17-5-18-34-80)57-96(46-86)111-67-81-35-19-6-20-36-81)60-102(52-89)117-73-87-47-97(112-68-82-37-21-7-22-38-82)58-98(48-87)113-69-83-39-23-8-24-40-83/h1-61,105H,62-75H2. The monoisotopic (exact) mass is 1580 g/mol. The molecule has 0 atom stereocenters. The summed E-state index contributed by atoms with van der Waals surface area (Å²) in [6.45, 7) is 3.50. The largest absolute Gasteiger partial charge is 0.508 e. The van der Waals surface area contributed by atoms with Crippen LogP contribution in [0.25, 0.3) is 0 Å². The number of phenolic OH excluding ortho intramolecular Hbond substituents is 1. The molecule has 15 aromatic carbocycles. The second kappa shape index (κ2) is 41.6. The van der Waals surface area contributed by atoms with Gasteiger partial charge in [0.25, 0.3) is 0 Å². The Hall–Kier alpha value is -14.7. The second-order valence-electron chi connectivity index (χ2n) is 28.5. The number of hydrogen-bond acceptors (Lipinski definition) is 15. The van der Waals surface area contributed by atoms with Gasteiger partial charge in [-0.3, -0.25) is 0 Å². The Kier molecular flexibility index (Phi) is 27.8. The molecule has 0 saturated heterocycles. The van der Waals surface area contributed by atoms with Gasteiger partial charge < -0.3 is 71.4 Å². The highest BCUT2D eigenvalue weighted by Gasteiger charge is 2.17. The summed E-state index contributed by atoms with van der Waals surface area (Å²) in [6, 6.07) is 120. The molecule has 0 fully saturated rings. The van der Waals surface area contributed by atoms with E-state index >= 15 is 0 Å². The molecule has 1 N–H and O–H groups in total. The van der Waals surface area contributed by atoms with Crippen LogP contribution < -0.4 is 66.3 Å². The van der Waals surface area contributed by atoms with E-state index < -0.39 is 0 Å². The first-order valence-corrected chi connectivity index (χ1v) is 39.5. The van der Waals surface area contributed by atoms with Gasteiger partial charge in [-0.05, 0) is 151 Å². The van der Waals surface area contributed by atoms with Crippen molar-refractivity contribution in [3.05, 3.63) is 448 Å². The lowest BCUT2D eigenvalue weighted by molar-refractivity contribution is 0.270. The van der Waals surface area contributed by atoms with E-state index in [1.807, 2.05) is 352 Å². The van der Waals surface area contributed by atoms with E-state index in [1.54, 1.807) is 18.2 Å². The predicted octanol–water partition coefficient (Wildman–Crippen LogP) is 23.5. The molecule has 15 heteroatoms. The van der Waals surface area contributed by atoms with Crippen molar-refractivity contribution in [2.45, 2.75) is 92.5 Å². The van der Waals surface area contributed by atoms with Crippen LogP contribution in [-0.4, -0.2) is 5.11 Å². The normalized spacial score (nSPS) is 10.9. The van der Waals surface area contributed by atoms with Crippen LogP contribution in [0.2, 0.25) is 0 Å². The van der Waals surface area contributed by atoms with Gasteiger partial charge in [-0.15, -0.1) is 0 Å². The van der Waals surface area contributed by atoms with E-state index in [0.29, 0.717) is 144 Å². The molecule has 0 aromatic heterocycles. The minimum absolute atomic E-state index is 0.0303. The summed E-state index contributed by atoms with van der Waals surface area (Å²) < 4.78 is 91.3. The van der Waals surface area contributed by atoms with Gasteiger partial charge in [0.05, 0.1) is 0 Å². The fourth-order valence-corrected chi connectivity index (χ4v) is 12.9. The summed E-state index contributed by atoms with van der Waals surface area (Å²) in [4.78, 5) is 0. The predicted molar refractivity (Wildman–Crippen MR) is 459 cm³/mol. The van der Waals surface area contributed by atoms with Gasteiger partial charge in [0.1, 0.15) is 179 Å². The van der Waals surface area contributed by atoms with Gasteiger partial charge >= 0.3 is 0 Å². The SMILES string of the molecule is Oc1cc(OCc2cc(OCc3cc(OCc4ccccc4)cc(OCc4ccccc4)c3)cc(OCc3cc(OCc4ccccc4)cc(OCc4ccccc4)c3)c2)cc(OCc2cc(OCc3cc(OCc4ccccc4)cc(OCc4ccccc4)c3)cc(OCc3cc(OCc4ccccc4)cc(OCc4ccccc4)c3)c2)c1. The molecule has 119 heavy (non-hydrogen) atoms. The summed E-state index contributed by atoms with van der Waals surface area (Å²) >= 11 is 0. The van der Waals surface area contributed by atoms with Gasteiger partial charge in [0, 0.05) is 54.6 Å². The van der Waals surface area contributed by atoms with Crippen molar-refractivity contribution in [3.63, 3.8) is 0 Å². The van der Waals surface area contributed by atoms with Gasteiger partial charge in [-0.2, -0.15) is 0 Å². The zero-order valence-corrected chi connectivity index (χ0v) is 65.8. The maximum absolute atomic E-state index is 11.5. The molecule has 15 rings (SSSR count). The molecule has 0 bridgehead atoms. The Morgan fingerprint density at radius 1 is 0.118 bits per heavy atom. The van der Waals surface area contributed by atoms with Crippen molar-refractivity contribution >= 4 is 0 Å². The number of phenols is 1. The van der Waals surface area contributed by atoms with Crippen LogP contribution in [0.15, 0.2) is 370 Å². The number of benzene rings is 15. The van der Waals surface area contributed by atoms with Crippen LogP contribution in [0, 0.1) is 0 Å². The van der Waals surface area contributed by atoms with Gasteiger partial charge in [-0.25, -0.2) is 0 Å². The lowest BCUT2D eigenvalue weighted by atomic mass is 10.2. The van der Waals surface area contributed by atoms with E-state index in [2.05, 4.69) is 0 Å². The van der Waals surface area contributed by atoms with Crippen LogP contribution in [0.3, 0.4) is 0 Å². The highest BCUT2D eigenvalue weighted by atomic mass is 16.5. The molecule has 596 valence electrons. The van der Waals surface area contributed by atoms with Crippen molar-refractivity contribution < 1.29 is 71.4 Å². The first-order valence-electron chi connectivity index (χ1n) is 39.5. The van der Waals surface area contributed by atoms with Crippen LogP contribution in [0.1, 0.15) is 77.9 Å². The third-order valence-electron chi connectivity index (χ3n) is 18.9. The molecule has 0 amide bonds. The highest BCUT2D eigenvalue weighted by molar-refractivity contribution is 5.48. The summed E-state index contributed by atoms with van der Waals surface area (Å²) in [5, 5.41) is 11.5. The quantitative estimate of drug-likeness (QED) is 0.0386. The van der Waals surface area contributed by atoms with E-state index in [0.717, 1.165) is 66.8 Å². The molecular weight excluding hydrogens is 1490 g/mol. The number of aromatic hydroxyl groups is 1. The molecule has 0 aliphatic carbocycles. The number of rotatable bonds is 42. The molecule has 0 aliphatic heterocycles. The fraction of sp³-hybridized carbons (Fsp3) is 0.135. The zero-order chi connectivity index (χ0) is 80.7. The van der Waals surface area contributed by atoms with Gasteiger partial charge in [-0.1, -0.05) is 243 Å². The average Bonchev–Trinajstić information content (AvgIpc) is 0.812. The third kappa shape index (κ3) is 25.6. The number of hydrogen-bond donors (Lipinski definition) is 1. The van der Waals surface area contributed by atoms with Crippen LogP contribution >= 0.6 is 0 Å². The highest BCUT2D eigenvalue weighted by Crippen LogP contribution is 2.36. The Balaban J connectivity index is 0.691. The van der Waals surface area contributed by atoms with E-state index in [4.69, 9.17) is 66.3 Å².